The van der Waals surface area contributed by atoms with Gasteiger partial charge in [0.25, 0.3) is 5.56 Å². The van der Waals surface area contributed by atoms with E-state index in [9.17, 15) is 14.4 Å². The molecule has 1 N–H and O–H groups in total. The molecule has 0 spiro atoms. The van der Waals surface area contributed by atoms with Crippen LogP contribution in [0, 0.1) is 0 Å². The van der Waals surface area contributed by atoms with Crippen molar-refractivity contribution < 1.29 is 9.53 Å². The van der Waals surface area contributed by atoms with Gasteiger partial charge >= 0.3 is 5.69 Å². The highest BCUT2D eigenvalue weighted by molar-refractivity contribution is 7.22. The Morgan fingerprint density at radius 2 is 1.84 bits per heavy atom. The molecule has 1 saturated heterocycles. The molecule has 0 radical (unpaired) electrons. The highest BCUT2D eigenvalue weighted by atomic mass is 32.1. The van der Waals surface area contributed by atoms with E-state index in [0.717, 1.165) is 31.1 Å². The highest BCUT2D eigenvalue weighted by Gasteiger charge is 2.22. The summed E-state index contributed by atoms with van der Waals surface area (Å²) in [5, 5.41) is 3.52. The molecule has 1 fully saturated rings. The summed E-state index contributed by atoms with van der Waals surface area (Å²) in [4.78, 5) is 45.7. The molecule has 3 heterocycles. The fourth-order valence-electron chi connectivity index (χ4n) is 3.87. The van der Waals surface area contributed by atoms with Gasteiger partial charge in [0.15, 0.2) is 10.8 Å². The van der Waals surface area contributed by atoms with Crippen LogP contribution in [0.1, 0.15) is 32.6 Å². The van der Waals surface area contributed by atoms with E-state index in [-0.39, 0.29) is 23.7 Å². The number of thiazole rings is 1. The maximum absolute atomic E-state index is 13.1. The van der Waals surface area contributed by atoms with Crippen molar-refractivity contribution in [2.45, 2.75) is 45.7 Å². The van der Waals surface area contributed by atoms with Gasteiger partial charge in [0.1, 0.15) is 17.0 Å². The molecule has 0 atom stereocenters. The van der Waals surface area contributed by atoms with Crippen LogP contribution < -0.4 is 26.2 Å². The van der Waals surface area contributed by atoms with Crippen molar-refractivity contribution in [2.75, 3.05) is 30.4 Å². The fraction of sp³-hybridized carbons (Fsp3) is 0.455. The number of methoxy groups -OCH3 is 1. The van der Waals surface area contributed by atoms with Crippen LogP contribution >= 0.6 is 11.3 Å². The number of carbonyl (C=O) groups is 1. The topological polar surface area (TPSA) is 98.5 Å². The van der Waals surface area contributed by atoms with Crippen LogP contribution in [0.5, 0.6) is 5.75 Å². The lowest BCUT2D eigenvalue weighted by atomic mass is 10.1. The molecule has 0 bridgehead atoms. The van der Waals surface area contributed by atoms with Gasteiger partial charge in [0, 0.05) is 25.3 Å². The Morgan fingerprint density at radius 1 is 1.12 bits per heavy atom. The van der Waals surface area contributed by atoms with Crippen LogP contribution in [0.4, 0.5) is 10.8 Å². The van der Waals surface area contributed by atoms with E-state index in [1.54, 1.807) is 31.4 Å². The summed E-state index contributed by atoms with van der Waals surface area (Å²) < 4.78 is 8.07. The second-order valence-electron chi connectivity index (χ2n) is 7.80. The molecule has 1 aliphatic heterocycles. The minimum atomic E-state index is -0.510. The quantitative estimate of drug-likeness (QED) is 0.586. The number of amides is 1. The molecule has 1 aliphatic rings. The molecule has 1 amide bonds. The van der Waals surface area contributed by atoms with Crippen molar-refractivity contribution in [3.8, 4) is 5.75 Å². The number of fused-ring (bicyclic) bond motifs is 1. The molecule has 170 valence electrons. The van der Waals surface area contributed by atoms with E-state index in [0.29, 0.717) is 29.1 Å². The van der Waals surface area contributed by atoms with Gasteiger partial charge in [-0.05, 0) is 49.9 Å². The third kappa shape index (κ3) is 4.40. The Kier molecular flexibility index (Phi) is 6.59. The SMILES string of the molecule is CCCn1c(=O)c2sc(N3CCCCC3)nc2n(CC(=O)Nc2ccc(OC)cc2)c1=O. The van der Waals surface area contributed by atoms with Gasteiger partial charge in [0.05, 0.1) is 7.11 Å². The minimum absolute atomic E-state index is 0.228. The Labute approximate surface area is 189 Å². The monoisotopic (exact) mass is 457 g/mol. The average molecular weight is 458 g/mol. The number of nitrogens with zero attached hydrogens (tertiary/aromatic N) is 4. The lowest BCUT2D eigenvalue weighted by molar-refractivity contribution is -0.116. The van der Waals surface area contributed by atoms with E-state index in [1.165, 1.54) is 26.9 Å². The van der Waals surface area contributed by atoms with Crippen molar-refractivity contribution in [3.63, 3.8) is 0 Å². The van der Waals surface area contributed by atoms with Crippen LogP contribution in [-0.4, -0.2) is 40.2 Å². The van der Waals surface area contributed by atoms with E-state index in [2.05, 4.69) is 15.2 Å². The van der Waals surface area contributed by atoms with Gasteiger partial charge in [-0.25, -0.2) is 9.78 Å². The summed E-state index contributed by atoms with van der Waals surface area (Å²) in [6.45, 7) is 3.73. The first-order valence-electron chi connectivity index (χ1n) is 10.8. The third-order valence-corrected chi connectivity index (χ3v) is 6.60. The zero-order chi connectivity index (χ0) is 22.7. The summed E-state index contributed by atoms with van der Waals surface area (Å²) in [7, 11) is 1.57. The van der Waals surface area contributed by atoms with Crippen LogP contribution in [0.3, 0.4) is 0 Å². The van der Waals surface area contributed by atoms with Crippen molar-refractivity contribution in [2.24, 2.45) is 0 Å². The second-order valence-corrected chi connectivity index (χ2v) is 8.78. The Hall–Kier alpha value is -3.14. The molecular formula is C22H27N5O4S. The summed E-state index contributed by atoms with van der Waals surface area (Å²) in [6, 6.07) is 6.94. The zero-order valence-corrected chi connectivity index (χ0v) is 19.1. The molecular weight excluding hydrogens is 430 g/mol. The number of carbonyl (C=O) groups excluding carboxylic acids is 1. The number of rotatable bonds is 7. The lowest BCUT2D eigenvalue weighted by Crippen LogP contribution is -2.41. The average Bonchev–Trinajstić information content (AvgIpc) is 3.26. The molecule has 0 saturated carbocycles. The summed E-state index contributed by atoms with van der Waals surface area (Å²) in [5.41, 5.74) is 0.0289. The summed E-state index contributed by atoms with van der Waals surface area (Å²) >= 11 is 1.30. The number of ether oxygens (including phenoxy) is 1. The van der Waals surface area contributed by atoms with E-state index in [1.807, 2.05) is 6.92 Å². The van der Waals surface area contributed by atoms with Crippen molar-refractivity contribution in [3.05, 3.63) is 45.1 Å². The second kappa shape index (κ2) is 9.56. The number of nitrogens with one attached hydrogen (secondary N) is 1. The maximum atomic E-state index is 13.1. The molecule has 4 rings (SSSR count). The van der Waals surface area contributed by atoms with Crippen LogP contribution in [0.15, 0.2) is 33.9 Å². The number of hydrogen-bond acceptors (Lipinski definition) is 7. The first kappa shape index (κ1) is 22.1. The fourth-order valence-corrected chi connectivity index (χ4v) is 4.94. The van der Waals surface area contributed by atoms with E-state index >= 15 is 0 Å². The van der Waals surface area contributed by atoms with Gasteiger partial charge in [-0.15, -0.1) is 0 Å². The number of piperidine rings is 1. The molecule has 2 aromatic heterocycles. The Balaban J connectivity index is 1.70. The van der Waals surface area contributed by atoms with Crippen molar-refractivity contribution in [1.82, 2.24) is 14.1 Å². The van der Waals surface area contributed by atoms with Crippen LogP contribution in [-0.2, 0) is 17.9 Å². The zero-order valence-electron chi connectivity index (χ0n) is 18.3. The van der Waals surface area contributed by atoms with Crippen molar-refractivity contribution in [1.29, 1.82) is 0 Å². The van der Waals surface area contributed by atoms with Gasteiger partial charge in [-0.3, -0.25) is 18.7 Å². The minimum Gasteiger partial charge on any atom is -0.497 e. The standard InChI is InChI=1S/C22H27N5O4S/c1-3-11-26-20(29)18-19(24-21(32-18)25-12-5-4-6-13-25)27(22(26)30)14-17(28)23-15-7-9-16(31-2)10-8-15/h7-10H,3-6,11-14H2,1-2H3,(H,23,28). The van der Waals surface area contributed by atoms with E-state index < -0.39 is 5.69 Å². The van der Waals surface area contributed by atoms with Crippen LogP contribution in [0.2, 0.25) is 0 Å². The predicted molar refractivity (Wildman–Crippen MR) is 126 cm³/mol. The first-order valence-corrected chi connectivity index (χ1v) is 11.7. The van der Waals surface area contributed by atoms with E-state index in [4.69, 9.17) is 4.74 Å². The highest BCUT2D eigenvalue weighted by Crippen LogP contribution is 2.28. The largest absolute Gasteiger partial charge is 0.497 e. The molecule has 0 aliphatic carbocycles. The Morgan fingerprint density at radius 3 is 2.50 bits per heavy atom. The molecule has 0 unspecified atom stereocenters. The maximum Gasteiger partial charge on any atom is 0.333 e. The summed E-state index contributed by atoms with van der Waals surface area (Å²) in [6.07, 6.45) is 3.97. The first-order chi connectivity index (χ1) is 15.5. The van der Waals surface area contributed by atoms with Gasteiger partial charge in [0.2, 0.25) is 5.91 Å². The number of anilines is 2. The number of benzene rings is 1. The normalized spacial score (nSPS) is 14.0. The van der Waals surface area contributed by atoms with Crippen molar-refractivity contribution >= 4 is 38.4 Å². The number of aromatic nitrogens is 3. The molecule has 3 aromatic rings. The molecule has 1 aromatic carbocycles. The summed E-state index contributed by atoms with van der Waals surface area (Å²) in [5.74, 6) is 0.313. The molecule has 9 nitrogen and oxygen atoms in total. The third-order valence-electron chi connectivity index (χ3n) is 5.50. The molecule has 32 heavy (non-hydrogen) atoms. The predicted octanol–water partition coefficient (Wildman–Crippen LogP) is 2.67. The van der Waals surface area contributed by atoms with Gasteiger partial charge in [-0.1, -0.05) is 18.3 Å². The smallest absolute Gasteiger partial charge is 0.333 e. The van der Waals surface area contributed by atoms with Gasteiger partial charge < -0.3 is 15.0 Å². The number of hydrogen-bond donors (Lipinski definition) is 1. The lowest BCUT2D eigenvalue weighted by Gasteiger charge is -2.25. The van der Waals surface area contributed by atoms with Gasteiger partial charge in [-0.2, -0.15) is 0 Å². The molecule has 10 heteroatoms. The Bertz CT molecular complexity index is 1220. The van der Waals surface area contributed by atoms with Crippen LogP contribution in [0.25, 0.3) is 10.3 Å².